The number of rotatable bonds is 2. The van der Waals surface area contributed by atoms with Crippen molar-refractivity contribution in [2.45, 2.75) is 25.4 Å². The Morgan fingerprint density at radius 2 is 1.78 bits per heavy atom. The number of hydrogen-bond acceptors (Lipinski definition) is 2. The van der Waals surface area contributed by atoms with Crippen LogP contribution in [0.2, 0.25) is 0 Å². The van der Waals surface area contributed by atoms with Crippen LogP contribution in [0.3, 0.4) is 0 Å². The van der Waals surface area contributed by atoms with Crippen LogP contribution in [0.4, 0.5) is 10.3 Å². The number of benzene rings is 3. The molecule has 0 bridgehead atoms. The highest BCUT2D eigenvalue weighted by Crippen LogP contribution is 2.41. The number of fused-ring (bicyclic) bond motifs is 3. The fourth-order valence-corrected chi connectivity index (χ4v) is 4.08. The van der Waals surface area contributed by atoms with E-state index in [4.69, 9.17) is 4.98 Å². The number of para-hydroxylation sites is 2. The molecule has 27 heavy (non-hydrogen) atoms. The molecular formula is C23H20FN3. The maximum Gasteiger partial charge on any atom is 0.204 e. The maximum atomic E-state index is 13.4. The quantitative estimate of drug-likeness (QED) is 0.504. The summed E-state index contributed by atoms with van der Waals surface area (Å²) < 4.78 is 15.7. The predicted molar refractivity (Wildman–Crippen MR) is 106 cm³/mol. The van der Waals surface area contributed by atoms with Crippen LogP contribution in [-0.2, 0) is 0 Å². The molecule has 0 fully saturated rings. The Hall–Kier alpha value is -3.14. The molecule has 2 atom stereocenters. The predicted octanol–water partition coefficient (Wildman–Crippen LogP) is 5.63. The second-order valence-electron chi connectivity index (χ2n) is 7.21. The zero-order chi connectivity index (χ0) is 18.4. The van der Waals surface area contributed by atoms with Crippen molar-refractivity contribution in [1.82, 2.24) is 9.55 Å². The summed E-state index contributed by atoms with van der Waals surface area (Å²) in [6.45, 7) is 2.12. The van der Waals surface area contributed by atoms with Gasteiger partial charge in [-0.15, -0.1) is 0 Å². The van der Waals surface area contributed by atoms with Crippen LogP contribution in [0.5, 0.6) is 0 Å². The van der Waals surface area contributed by atoms with Crippen LogP contribution in [0.25, 0.3) is 11.0 Å². The van der Waals surface area contributed by atoms with Crippen molar-refractivity contribution in [1.29, 1.82) is 0 Å². The number of nitrogens with zero attached hydrogens (tertiary/aromatic N) is 2. The van der Waals surface area contributed by atoms with Gasteiger partial charge >= 0.3 is 0 Å². The lowest BCUT2D eigenvalue weighted by Gasteiger charge is -2.33. The van der Waals surface area contributed by atoms with Crippen LogP contribution in [0.1, 0.15) is 35.2 Å². The van der Waals surface area contributed by atoms with Crippen LogP contribution in [0, 0.1) is 12.7 Å². The summed E-state index contributed by atoms with van der Waals surface area (Å²) in [5.74, 6) is 0.653. The summed E-state index contributed by atoms with van der Waals surface area (Å²) in [6, 6.07) is 23.9. The zero-order valence-electron chi connectivity index (χ0n) is 15.1. The second-order valence-corrected chi connectivity index (χ2v) is 7.21. The van der Waals surface area contributed by atoms with Gasteiger partial charge in [0.05, 0.1) is 23.1 Å². The minimum absolute atomic E-state index is 0.0837. The van der Waals surface area contributed by atoms with Gasteiger partial charge in [0, 0.05) is 0 Å². The number of halogens is 1. The summed E-state index contributed by atoms with van der Waals surface area (Å²) in [5, 5.41) is 3.57. The SMILES string of the molecule is Cc1cccc(C2CC(c3ccc(F)cc3)Nc3nc4ccccc4n32)c1. The monoisotopic (exact) mass is 357 g/mol. The molecule has 1 aliphatic rings. The average molecular weight is 357 g/mol. The Labute approximate surface area is 157 Å². The molecular weight excluding hydrogens is 337 g/mol. The maximum absolute atomic E-state index is 13.4. The number of aryl methyl sites for hydroxylation is 1. The molecule has 0 saturated carbocycles. The summed E-state index contributed by atoms with van der Waals surface area (Å²) in [4.78, 5) is 4.82. The van der Waals surface area contributed by atoms with Crippen molar-refractivity contribution >= 4 is 17.0 Å². The summed E-state index contributed by atoms with van der Waals surface area (Å²) in [6.07, 6.45) is 0.877. The van der Waals surface area contributed by atoms with Crippen molar-refractivity contribution < 1.29 is 4.39 Å². The van der Waals surface area contributed by atoms with Gasteiger partial charge in [-0.2, -0.15) is 0 Å². The van der Waals surface area contributed by atoms with Crippen molar-refractivity contribution in [2.24, 2.45) is 0 Å². The zero-order valence-corrected chi connectivity index (χ0v) is 15.1. The standard InChI is InChI=1S/C23H20FN3/c1-15-5-4-6-17(13-15)22-14-20(16-9-11-18(24)12-10-16)26-23-25-19-7-2-3-8-21(19)27(22)23/h2-13,20,22H,14H2,1H3,(H,25,26). The molecule has 0 saturated heterocycles. The molecule has 3 nitrogen and oxygen atoms in total. The fraction of sp³-hybridized carbons (Fsp3) is 0.174. The number of imidazole rings is 1. The Balaban J connectivity index is 1.67. The summed E-state index contributed by atoms with van der Waals surface area (Å²) in [7, 11) is 0. The van der Waals surface area contributed by atoms with E-state index in [1.54, 1.807) is 0 Å². The number of anilines is 1. The van der Waals surface area contributed by atoms with Crippen molar-refractivity contribution in [3.05, 3.63) is 95.3 Å². The molecule has 2 unspecified atom stereocenters. The van der Waals surface area contributed by atoms with Gasteiger partial charge in [0.25, 0.3) is 0 Å². The Morgan fingerprint density at radius 1 is 0.963 bits per heavy atom. The van der Waals surface area contributed by atoms with E-state index in [1.165, 1.54) is 23.3 Å². The van der Waals surface area contributed by atoms with E-state index in [0.29, 0.717) is 0 Å². The first-order valence-electron chi connectivity index (χ1n) is 9.24. The first kappa shape index (κ1) is 16.1. The lowest BCUT2D eigenvalue weighted by atomic mass is 9.92. The smallest absolute Gasteiger partial charge is 0.204 e. The third-order valence-electron chi connectivity index (χ3n) is 5.37. The highest BCUT2D eigenvalue weighted by Gasteiger charge is 2.30. The van der Waals surface area contributed by atoms with E-state index < -0.39 is 0 Å². The molecule has 4 heteroatoms. The van der Waals surface area contributed by atoms with E-state index in [2.05, 4.69) is 53.2 Å². The van der Waals surface area contributed by atoms with Crippen LogP contribution in [-0.4, -0.2) is 9.55 Å². The van der Waals surface area contributed by atoms with E-state index in [9.17, 15) is 4.39 Å². The third-order valence-corrected chi connectivity index (χ3v) is 5.37. The number of hydrogen-bond donors (Lipinski definition) is 1. The molecule has 2 heterocycles. The van der Waals surface area contributed by atoms with Gasteiger partial charge in [-0.05, 0) is 48.7 Å². The van der Waals surface area contributed by atoms with Gasteiger partial charge in [-0.1, -0.05) is 54.1 Å². The van der Waals surface area contributed by atoms with Gasteiger partial charge < -0.3 is 9.88 Å². The Morgan fingerprint density at radius 3 is 2.59 bits per heavy atom. The van der Waals surface area contributed by atoms with Crippen molar-refractivity contribution in [3.8, 4) is 0 Å². The highest BCUT2D eigenvalue weighted by molar-refractivity contribution is 5.79. The average Bonchev–Trinajstić information content (AvgIpc) is 3.06. The Kier molecular flexibility index (Phi) is 3.71. The lowest BCUT2D eigenvalue weighted by Crippen LogP contribution is -2.27. The molecule has 1 aliphatic heterocycles. The van der Waals surface area contributed by atoms with E-state index in [-0.39, 0.29) is 17.9 Å². The number of nitrogens with one attached hydrogen (secondary N) is 1. The largest absolute Gasteiger partial charge is 0.349 e. The van der Waals surface area contributed by atoms with E-state index >= 15 is 0 Å². The minimum atomic E-state index is -0.211. The van der Waals surface area contributed by atoms with E-state index in [1.807, 2.05) is 24.3 Å². The molecule has 3 aromatic carbocycles. The van der Waals surface area contributed by atoms with Crippen LogP contribution < -0.4 is 5.32 Å². The summed E-state index contributed by atoms with van der Waals surface area (Å²) in [5.41, 5.74) is 5.71. The lowest BCUT2D eigenvalue weighted by molar-refractivity contribution is 0.477. The fourth-order valence-electron chi connectivity index (χ4n) is 4.08. The van der Waals surface area contributed by atoms with Gasteiger partial charge in [0.1, 0.15) is 5.82 Å². The van der Waals surface area contributed by atoms with Gasteiger partial charge in [-0.3, -0.25) is 0 Å². The van der Waals surface area contributed by atoms with Crippen molar-refractivity contribution in [3.63, 3.8) is 0 Å². The molecule has 0 radical (unpaired) electrons. The molecule has 134 valence electrons. The van der Waals surface area contributed by atoms with Crippen molar-refractivity contribution in [2.75, 3.05) is 5.32 Å². The molecule has 0 amide bonds. The molecule has 5 rings (SSSR count). The van der Waals surface area contributed by atoms with Crippen LogP contribution in [0.15, 0.2) is 72.8 Å². The minimum Gasteiger partial charge on any atom is -0.349 e. The van der Waals surface area contributed by atoms with Gasteiger partial charge in [0.2, 0.25) is 5.95 Å². The first-order valence-corrected chi connectivity index (χ1v) is 9.24. The molecule has 0 aliphatic carbocycles. The molecule has 1 N–H and O–H groups in total. The Bertz CT molecular complexity index is 1110. The molecule has 1 aromatic heterocycles. The van der Waals surface area contributed by atoms with Crippen LogP contribution >= 0.6 is 0 Å². The normalized spacial score (nSPS) is 18.9. The molecule has 4 aromatic rings. The third kappa shape index (κ3) is 2.78. The first-order chi connectivity index (χ1) is 13.2. The van der Waals surface area contributed by atoms with Gasteiger partial charge in [0.15, 0.2) is 0 Å². The van der Waals surface area contributed by atoms with E-state index in [0.717, 1.165) is 29.0 Å². The summed E-state index contributed by atoms with van der Waals surface area (Å²) >= 11 is 0. The van der Waals surface area contributed by atoms with Gasteiger partial charge in [-0.25, -0.2) is 9.37 Å². The highest BCUT2D eigenvalue weighted by atomic mass is 19.1. The second kappa shape index (κ2) is 6.23. The topological polar surface area (TPSA) is 29.9 Å². The number of aromatic nitrogens is 2. The molecule has 0 spiro atoms.